The van der Waals surface area contributed by atoms with Crippen LogP contribution >= 0.6 is 0 Å². The van der Waals surface area contributed by atoms with Gasteiger partial charge >= 0.3 is 17.9 Å². The molecule has 0 aliphatic heterocycles. The van der Waals surface area contributed by atoms with Gasteiger partial charge in [-0.1, -0.05) is 319 Å². The maximum Gasteiger partial charge on any atom is 0.306 e. The maximum atomic E-state index is 12.9. The van der Waals surface area contributed by atoms with Gasteiger partial charge in [-0.15, -0.1) is 0 Å². The Balaban J connectivity index is 4.39. The molecule has 71 heavy (non-hydrogen) atoms. The van der Waals surface area contributed by atoms with Gasteiger partial charge < -0.3 is 14.2 Å². The van der Waals surface area contributed by atoms with Gasteiger partial charge in [-0.3, -0.25) is 14.4 Å². The Labute approximate surface area is 440 Å². The molecule has 0 spiro atoms. The van der Waals surface area contributed by atoms with E-state index in [1.165, 1.54) is 193 Å². The van der Waals surface area contributed by atoms with Crippen LogP contribution in [0, 0.1) is 0 Å². The summed E-state index contributed by atoms with van der Waals surface area (Å²) in [6, 6.07) is 0. The summed E-state index contributed by atoms with van der Waals surface area (Å²) in [5.74, 6) is -0.884. The largest absolute Gasteiger partial charge is 0.462 e. The third-order valence-corrected chi connectivity index (χ3v) is 13.6. The summed E-state index contributed by atoms with van der Waals surface area (Å²) in [6.07, 6.45) is 74.9. The summed E-state index contributed by atoms with van der Waals surface area (Å²) in [7, 11) is 0. The third kappa shape index (κ3) is 57.9. The Morgan fingerprint density at radius 2 is 0.535 bits per heavy atom. The minimum absolute atomic E-state index is 0.0781. The van der Waals surface area contributed by atoms with Gasteiger partial charge in [-0.2, -0.15) is 0 Å². The number of esters is 3. The molecule has 1 unspecified atom stereocenters. The van der Waals surface area contributed by atoms with E-state index in [-0.39, 0.29) is 31.1 Å². The summed E-state index contributed by atoms with van der Waals surface area (Å²) in [5.41, 5.74) is 0. The van der Waals surface area contributed by atoms with Crippen LogP contribution in [0.5, 0.6) is 0 Å². The first-order valence-corrected chi connectivity index (χ1v) is 30.9. The minimum Gasteiger partial charge on any atom is -0.462 e. The van der Waals surface area contributed by atoms with Crippen molar-refractivity contribution in [3.63, 3.8) is 0 Å². The minimum atomic E-state index is -0.782. The SMILES string of the molecule is CCC\C=C/C=C\C=C/C=C\C=C/CCCCCCCC(=O)OCC(COC(=O)CCCCCCCCCCCCCCCCCCC)OC(=O)CCCCCCCCCCCCCCCCCCCC. The van der Waals surface area contributed by atoms with Crippen molar-refractivity contribution < 1.29 is 28.6 Å². The van der Waals surface area contributed by atoms with Crippen LogP contribution in [0.2, 0.25) is 0 Å². The summed E-state index contributed by atoms with van der Waals surface area (Å²) >= 11 is 0. The van der Waals surface area contributed by atoms with Crippen LogP contribution in [0.1, 0.15) is 316 Å². The first kappa shape index (κ1) is 68.1. The second-order valence-corrected chi connectivity index (χ2v) is 20.8. The second-order valence-electron chi connectivity index (χ2n) is 20.8. The van der Waals surface area contributed by atoms with Gasteiger partial charge in [0.15, 0.2) is 6.10 Å². The summed E-state index contributed by atoms with van der Waals surface area (Å²) < 4.78 is 16.9. The number of hydrogen-bond donors (Lipinski definition) is 0. The highest BCUT2D eigenvalue weighted by atomic mass is 16.6. The summed E-state index contributed by atoms with van der Waals surface area (Å²) in [5, 5.41) is 0. The standard InChI is InChI=1S/C65H116O6/c1-4-7-10-13-16-19-22-25-28-31-34-37-40-43-46-49-52-55-58-64(67)70-61-62(60-69-63(66)57-54-51-48-45-42-39-36-33-30-27-24-21-18-15-12-9-6-3)71-65(68)59-56-53-50-47-44-41-38-35-32-29-26-23-20-17-14-11-8-5-2/h10,13,16,19,22,25,28,31,34,37,62H,4-9,11-12,14-15,17-18,20-21,23-24,26-27,29-30,32-33,35-36,38-61H2,1-3H3/b13-10-,19-16-,25-22-,31-28-,37-34-. The molecule has 0 aliphatic carbocycles. The first-order chi connectivity index (χ1) is 35.0. The van der Waals surface area contributed by atoms with Crippen LogP contribution in [0.25, 0.3) is 0 Å². The highest BCUT2D eigenvalue weighted by molar-refractivity contribution is 5.71. The van der Waals surface area contributed by atoms with Crippen LogP contribution < -0.4 is 0 Å². The number of unbranched alkanes of at least 4 members (excludes halogenated alkanes) is 39. The van der Waals surface area contributed by atoms with E-state index < -0.39 is 6.10 Å². The lowest BCUT2D eigenvalue weighted by Crippen LogP contribution is -2.30. The topological polar surface area (TPSA) is 78.9 Å². The molecular weight excluding hydrogens is 877 g/mol. The van der Waals surface area contributed by atoms with Gasteiger partial charge in [0, 0.05) is 19.3 Å². The fourth-order valence-electron chi connectivity index (χ4n) is 9.01. The van der Waals surface area contributed by atoms with Crippen molar-refractivity contribution in [3.8, 4) is 0 Å². The van der Waals surface area contributed by atoms with Gasteiger partial charge in [-0.05, 0) is 38.5 Å². The number of allylic oxidation sites excluding steroid dienone is 10. The molecule has 0 N–H and O–H groups in total. The molecule has 0 amide bonds. The molecule has 0 aromatic heterocycles. The maximum absolute atomic E-state index is 12.9. The molecule has 0 rings (SSSR count). The normalized spacial score (nSPS) is 12.4. The lowest BCUT2D eigenvalue weighted by molar-refractivity contribution is -0.167. The van der Waals surface area contributed by atoms with Crippen molar-refractivity contribution in [1.82, 2.24) is 0 Å². The zero-order valence-electron chi connectivity index (χ0n) is 47.2. The monoisotopic (exact) mass is 993 g/mol. The van der Waals surface area contributed by atoms with Gasteiger partial charge in [0.2, 0.25) is 0 Å². The Morgan fingerprint density at radius 1 is 0.282 bits per heavy atom. The van der Waals surface area contributed by atoms with Crippen LogP contribution in [0.15, 0.2) is 60.8 Å². The first-order valence-electron chi connectivity index (χ1n) is 30.9. The van der Waals surface area contributed by atoms with E-state index >= 15 is 0 Å². The molecule has 0 fully saturated rings. The van der Waals surface area contributed by atoms with E-state index in [4.69, 9.17) is 14.2 Å². The molecule has 0 bridgehead atoms. The number of carbonyl (C=O) groups excluding carboxylic acids is 3. The van der Waals surface area contributed by atoms with Crippen molar-refractivity contribution >= 4 is 17.9 Å². The predicted molar refractivity (Wildman–Crippen MR) is 307 cm³/mol. The molecule has 0 heterocycles. The zero-order chi connectivity index (χ0) is 51.4. The van der Waals surface area contributed by atoms with Gasteiger partial charge in [0.05, 0.1) is 0 Å². The van der Waals surface area contributed by atoms with Crippen LogP contribution in [-0.4, -0.2) is 37.2 Å². The fourth-order valence-corrected chi connectivity index (χ4v) is 9.01. The molecule has 0 saturated heterocycles. The molecule has 1 atom stereocenters. The Morgan fingerprint density at radius 3 is 0.845 bits per heavy atom. The highest BCUT2D eigenvalue weighted by Gasteiger charge is 2.19. The molecule has 0 saturated carbocycles. The van der Waals surface area contributed by atoms with Crippen molar-refractivity contribution in [3.05, 3.63) is 60.8 Å². The number of ether oxygens (including phenoxy) is 3. The lowest BCUT2D eigenvalue weighted by atomic mass is 10.0. The number of hydrogen-bond acceptors (Lipinski definition) is 6. The number of carbonyl (C=O) groups is 3. The van der Waals surface area contributed by atoms with E-state index in [9.17, 15) is 14.4 Å². The Kier molecular flexibility index (Phi) is 57.2. The second kappa shape index (κ2) is 59.7. The lowest BCUT2D eigenvalue weighted by Gasteiger charge is -2.18. The molecule has 412 valence electrons. The van der Waals surface area contributed by atoms with Crippen molar-refractivity contribution in [2.45, 2.75) is 322 Å². The van der Waals surface area contributed by atoms with Crippen molar-refractivity contribution in [1.29, 1.82) is 0 Å². The van der Waals surface area contributed by atoms with E-state index in [1.54, 1.807) is 0 Å². The highest BCUT2D eigenvalue weighted by Crippen LogP contribution is 2.17. The van der Waals surface area contributed by atoms with Gasteiger partial charge in [-0.25, -0.2) is 0 Å². The molecule has 0 aromatic rings. The summed E-state index contributed by atoms with van der Waals surface area (Å²) in [4.78, 5) is 38.3. The van der Waals surface area contributed by atoms with E-state index in [0.29, 0.717) is 19.3 Å². The molecular formula is C65H116O6. The number of rotatable bonds is 56. The average molecular weight is 994 g/mol. The van der Waals surface area contributed by atoms with Crippen LogP contribution in [0.3, 0.4) is 0 Å². The smallest absolute Gasteiger partial charge is 0.306 e. The third-order valence-electron chi connectivity index (χ3n) is 13.6. The molecule has 0 aliphatic rings. The Bertz CT molecular complexity index is 1280. The van der Waals surface area contributed by atoms with Crippen LogP contribution in [-0.2, 0) is 28.6 Å². The van der Waals surface area contributed by atoms with E-state index in [0.717, 1.165) is 83.5 Å². The Hall–Kier alpha value is -2.89. The van der Waals surface area contributed by atoms with Crippen LogP contribution in [0.4, 0.5) is 0 Å². The molecule has 0 radical (unpaired) electrons. The zero-order valence-corrected chi connectivity index (χ0v) is 47.2. The molecule has 0 aromatic carbocycles. The molecule has 6 heteroatoms. The molecule has 6 nitrogen and oxygen atoms in total. The average Bonchev–Trinajstić information content (AvgIpc) is 3.37. The van der Waals surface area contributed by atoms with Gasteiger partial charge in [0.1, 0.15) is 13.2 Å². The van der Waals surface area contributed by atoms with Crippen molar-refractivity contribution in [2.24, 2.45) is 0 Å². The summed E-state index contributed by atoms with van der Waals surface area (Å²) in [6.45, 7) is 6.58. The van der Waals surface area contributed by atoms with E-state index in [1.807, 2.05) is 24.3 Å². The van der Waals surface area contributed by atoms with Crippen molar-refractivity contribution in [2.75, 3.05) is 13.2 Å². The van der Waals surface area contributed by atoms with E-state index in [2.05, 4.69) is 57.2 Å². The predicted octanol–water partition coefficient (Wildman–Crippen LogP) is 20.8. The fraction of sp³-hybridized carbons (Fsp3) is 0.800. The van der Waals surface area contributed by atoms with Gasteiger partial charge in [0.25, 0.3) is 0 Å². The quantitative estimate of drug-likeness (QED) is 0.0261.